The van der Waals surface area contributed by atoms with E-state index in [1.165, 1.54) is 0 Å². The highest BCUT2D eigenvalue weighted by Gasteiger charge is 2.13. The monoisotopic (exact) mass is 298 g/mol. The van der Waals surface area contributed by atoms with Crippen LogP contribution < -0.4 is 5.73 Å². The number of nitriles is 1. The van der Waals surface area contributed by atoms with Gasteiger partial charge < -0.3 is 5.73 Å². The highest BCUT2D eigenvalue weighted by molar-refractivity contribution is 5.77. The zero-order valence-electron chi connectivity index (χ0n) is 12.3. The second kappa shape index (κ2) is 6.54. The predicted octanol–water partition coefficient (Wildman–Crippen LogP) is 3.77. The number of hydrogen-bond donors (Lipinski definition) is 1. The van der Waals surface area contributed by atoms with Crippen molar-refractivity contribution in [3.05, 3.63) is 77.5 Å². The molecule has 2 aromatic carbocycles. The fourth-order valence-electron chi connectivity index (χ4n) is 2.27. The summed E-state index contributed by atoms with van der Waals surface area (Å²) < 4.78 is 0. The van der Waals surface area contributed by atoms with Gasteiger partial charge in [-0.05, 0) is 11.6 Å². The Morgan fingerprint density at radius 2 is 1.52 bits per heavy atom. The molecule has 4 heteroatoms. The molecule has 3 aromatic rings. The Morgan fingerprint density at radius 3 is 2.17 bits per heavy atom. The van der Waals surface area contributed by atoms with E-state index < -0.39 is 0 Å². The van der Waals surface area contributed by atoms with Gasteiger partial charge in [-0.25, -0.2) is 9.97 Å². The van der Waals surface area contributed by atoms with Crippen LogP contribution in [0.2, 0.25) is 0 Å². The molecule has 0 saturated heterocycles. The SMILES string of the molecule is N#Cc1c(/C=C/c2ccccc2)nc(N)nc1-c1ccccc1. The maximum Gasteiger partial charge on any atom is 0.221 e. The van der Waals surface area contributed by atoms with E-state index in [2.05, 4.69) is 16.0 Å². The molecule has 4 nitrogen and oxygen atoms in total. The highest BCUT2D eigenvalue weighted by Crippen LogP contribution is 2.24. The van der Waals surface area contributed by atoms with Crippen molar-refractivity contribution in [2.24, 2.45) is 0 Å². The molecular weight excluding hydrogens is 284 g/mol. The van der Waals surface area contributed by atoms with Gasteiger partial charge >= 0.3 is 0 Å². The lowest BCUT2D eigenvalue weighted by atomic mass is 10.0. The number of rotatable bonds is 3. The highest BCUT2D eigenvalue weighted by atomic mass is 15.0. The average Bonchev–Trinajstić information content (AvgIpc) is 2.61. The Hall–Kier alpha value is -3.45. The first-order valence-corrected chi connectivity index (χ1v) is 7.14. The van der Waals surface area contributed by atoms with Crippen molar-refractivity contribution in [3.63, 3.8) is 0 Å². The lowest BCUT2D eigenvalue weighted by molar-refractivity contribution is 1.16. The largest absolute Gasteiger partial charge is 0.368 e. The Morgan fingerprint density at radius 1 is 0.870 bits per heavy atom. The molecule has 1 heterocycles. The third-order valence-electron chi connectivity index (χ3n) is 3.35. The Bertz CT molecular complexity index is 878. The van der Waals surface area contributed by atoms with Gasteiger partial charge in [0, 0.05) is 5.56 Å². The molecule has 0 atom stereocenters. The third-order valence-corrected chi connectivity index (χ3v) is 3.35. The summed E-state index contributed by atoms with van der Waals surface area (Å²) in [5.41, 5.74) is 9.17. The lowest BCUT2D eigenvalue weighted by Gasteiger charge is -2.07. The van der Waals surface area contributed by atoms with Crippen molar-refractivity contribution >= 4 is 18.1 Å². The lowest BCUT2D eigenvalue weighted by Crippen LogP contribution is -2.02. The van der Waals surface area contributed by atoms with E-state index in [9.17, 15) is 5.26 Å². The van der Waals surface area contributed by atoms with Gasteiger partial charge in [0.25, 0.3) is 0 Å². The zero-order valence-corrected chi connectivity index (χ0v) is 12.3. The molecule has 23 heavy (non-hydrogen) atoms. The van der Waals surface area contributed by atoms with Crippen molar-refractivity contribution in [1.82, 2.24) is 9.97 Å². The van der Waals surface area contributed by atoms with Crippen LogP contribution in [0.1, 0.15) is 16.8 Å². The minimum atomic E-state index is 0.149. The molecule has 1 aromatic heterocycles. The maximum absolute atomic E-state index is 9.54. The summed E-state index contributed by atoms with van der Waals surface area (Å²) >= 11 is 0. The summed E-state index contributed by atoms with van der Waals surface area (Å²) in [6, 6.07) is 21.5. The first-order chi connectivity index (χ1) is 11.3. The standard InChI is InChI=1S/C19H14N4/c20-13-16-17(12-11-14-7-3-1-4-8-14)22-19(21)23-18(16)15-9-5-2-6-10-15/h1-12H,(H2,21,22,23)/b12-11+. The van der Waals surface area contributed by atoms with Crippen LogP contribution in [0.25, 0.3) is 23.4 Å². The van der Waals surface area contributed by atoms with Crippen molar-refractivity contribution in [1.29, 1.82) is 5.26 Å². The van der Waals surface area contributed by atoms with Gasteiger partial charge in [0.1, 0.15) is 11.6 Å². The van der Waals surface area contributed by atoms with E-state index in [0.717, 1.165) is 11.1 Å². The fourth-order valence-corrected chi connectivity index (χ4v) is 2.27. The van der Waals surface area contributed by atoms with Crippen molar-refractivity contribution in [2.75, 3.05) is 5.73 Å². The average molecular weight is 298 g/mol. The Labute approximate surface area is 134 Å². The maximum atomic E-state index is 9.54. The summed E-state index contributed by atoms with van der Waals surface area (Å²) in [5, 5.41) is 9.54. The number of anilines is 1. The van der Waals surface area contributed by atoms with Gasteiger partial charge in [0.05, 0.1) is 11.4 Å². The smallest absolute Gasteiger partial charge is 0.221 e. The topological polar surface area (TPSA) is 75.6 Å². The van der Waals surface area contributed by atoms with Gasteiger partial charge in [-0.1, -0.05) is 66.7 Å². The molecule has 0 aliphatic rings. The minimum Gasteiger partial charge on any atom is -0.368 e. The van der Waals surface area contributed by atoms with E-state index in [1.807, 2.05) is 66.7 Å². The first-order valence-electron chi connectivity index (χ1n) is 7.14. The summed E-state index contributed by atoms with van der Waals surface area (Å²) in [4.78, 5) is 8.44. The van der Waals surface area contributed by atoms with Crippen LogP contribution in [0.5, 0.6) is 0 Å². The van der Waals surface area contributed by atoms with Gasteiger partial charge in [-0.15, -0.1) is 0 Å². The van der Waals surface area contributed by atoms with Crippen LogP contribution in [0, 0.1) is 11.3 Å². The fraction of sp³-hybridized carbons (Fsp3) is 0. The number of hydrogen-bond acceptors (Lipinski definition) is 4. The normalized spacial score (nSPS) is 10.6. The molecule has 0 fully saturated rings. The number of benzene rings is 2. The van der Waals surface area contributed by atoms with Crippen LogP contribution >= 0.6 is 0 Å². The predicted molar refractivity (Wildman–Crippen MR) is 92.0 cm³/mol. The van der Waals surface area contributed by atoms with Crippen LogP contribution in [0.3, 0.4) is 0 Å². The summed E-state index contributed by atoms with van der Waals surface area (Å²) in [5.74, 6) is 0.149. The van der Waals surface area contributed by atoms with Crippen molar-refractivity contribution in [3.8, 4) is 17.3 Å². The van der Waals surface area contributed by atoms with Crippen LogP contribution in [-0.2, 0) is 0 Å². The quantitative estimate of drug-likeness (QED) is 0.798. The number of nitrogens with two attached hydrogens (primary N) is 1. The summed E-state index contributed by atoms with van der Waals surface area (Å²) in [6.45, 7) is 0. The van der Waals surface area contributed by atoms with E-state index in [1.54, 1.807) is 6.08 Å². The molecule has 0 amide bonds. The van der Waals surface area contributed by atoms with E-state index >= 15 is 0 Å². The van der Waals surface area contributed by atoms with Crippen molar-refractivity contribution in [2.45, 2.75) is 0 Å². The van der Waals surface area contributed by atoms with Gasteiger partial charge in [0.15, 0.2) is 0 Å². The summed E-state index contributed by atoms with van der Waals surface area (Å²) in [7, 11) is 0. The van der Waals surface area contributed by atoms with Crippen LogP contribution in [0.4, 0.5) is 5.95 Å². The molecule has 3 rings (SSSR count). The number of aromatic nitrogens is 2. The number of nitrogen functional groups attached to an aromatic ring is 1. The van der Waals surface area contributed by atoms with E-state index in [4.69, 9.17) is 5.73 Å². The third kappa shape index (κ3) is 3.25. The van der Waals surface area contributed by atoms with E-state index in [-0.39, 0.29) is 5.95 Å². The molecule has 0 saturated carbocycles. The second-order valence-electron chi connectivity index (χ2n) is 4.91. The molecule has 0 aliphatic carbocycles. The molecule has 0 aliphatic heterocycles. The molecule has 0 unspecified atom stereocenters. The van der Waals surface area contributed by atoms with Crippen molar-refractivity contribution < 1.29 is 0 Å². The summed E-state index contributed by atoms with van der Waals surface area (Å²) in [6.07, 6.45) is 3.69. The molecular formula is C19H14N4. The van der Waals surface area contributed by atoms with Gasteiger partial charge in [-0.2, -0.15) is 5.26 Å². The Kier molecular flexibility index (Phi) is 4.12. The van der Waals surface area contributed by atoms with E-state index in [0.29, 0.717) is 17.0 Å². The molecule has 0 radical (unpaired) electrons. The zero-order chi connectivity index (χ0) is 16.1. The molecule has 0 spiro atoms. The van der Waals surface area contributed by atoms with Crippen LogP contribution in [0.15, 0.2) is 60.7 Å². The van der Waals surface area contributed by atoms with Crippen LogP contribution in [-0.4, -0.2) is 9.97 Å². The Balaban J connectivity index is 2.10. The minimum absolute atomic E-state index is 0.149. The van der Waals surface area contributed by atoms with Gasteiger partial charge in [-0.3, -0.25) is 0 Å². The second-order valence-corrected chi connectivity index (χ2v) is 4.91. The number of nitrogens with zero attached hydrogens (tertiary/aromatic N) is 3. The first kappa shape index (κ1) is 14.5. The van der Waals surface area contributed by atoms with Gasteiger partial charge in [0.2, 0.25) is 5.95 Å². The molecule has 0 bridgehead atoms. The molecule has 110 valence electrons. The molecule has 2 N–H and O–H groups in total.